The van der Waals surface area contributed by atoms with Gasteiger partial charge in [-0.3, -0.25) is 4.79 Å². The van der Waals surface area contributed by atoms with Crippen LogP contribution in [0, 0.1) is 5.82 Å². The van der Waals surface area contributed by atoms with Crippen LogP contribution in [-0.2, 0) is 13.0 Å². The minimum atomic E-state index is -0.498. The van der Waals surface area contributed by atoms with Crippen LogP contribution < -0.4 is 16.4 Å². The summed E-state index contributed by atoms with van der Waals surface area (Å²) in [4.78, 5) is 13.2. The number of amides is 1. The number of carbonyl (C=O) groups is 1. The SMILES string of the molecule is NC(=O)c1ccc(CN2CCc3ccc(F)cc32)c(N)c1. The van der Waals surface area contributed by atoms with E-state index in [9.17, 15) is 9.18 Å². The monoisotopic (exact) mass is 285 g/mol. The van der Waals surface area contributed by atoms with E-state index in [0.717, 1.165) is 29.8 Å². The van der Waals surface area contributed by atoms with Gasteiger partial charge in [0.2, 0.25) is 5.91 Å². The fraction of sp³-hybridized carbons (Fsp3) is 0.188. The maximum absolute atomic E-state index is 13.4. The molecule has 3 rings (SSSR count). The van der Waals surface area contributed by atoms with E-state index < -0.39 is 5.91 Å². The molecule has 1 amide bonds. The molecule has 21 heavy (non-hydrogen) atoms. The molecule has 0 unspecified atom stereocenters. The maximum Gasteiger partial charge on any atom is 0.248 e. The molecule has 0 radical (unpaired) electrons. The van der Waals surface area contributed by atoms with Gasteiger partial charge < -0.3 is 16.4 Å². The molecule has 2 aromatic rings. The summed E-state index contributed by atoms with van der Waals surface area (Å²) in [6.07, 6.45) is 0.898. The van der Waals surface area contributed by atoms with Crippen molar-refractivity contribution in [3.8, 4) is 0 Å². The van der Waals surface area contributed by atoms with Gasteiger partial charge in [0.1, 0.15) is 5.82 Å². The quantitative estimate of drug-likeness (QED) is 0.848. The Morgan fingerprint density at radius 2 is 2.05 bits per heavy atom. The second kappa shape index (κ2) is 5.09. The molecule has 108 valence electrons. The summed E-state index contributed by atoms with van der Waals surface area (Å²) in [5, 5.41) is 0. The van der Waals surface area contributed by atoms with Crippen LogP contribution in [0.5, 0.6) is 0 Å². The van der Waals surface area contributed by atoms with Gasteiger partial charge in [-0.25, -0.2) is 4.39 Å². The van der Waals surface area contributed by atoms with Crippen LogP contribution in [0.3, 0.4) is 0 Å². The summed E-state index contributed by atoms with van der Waals surface area (Å²) in [5.74, 6) is -0.737. The van der Waals surface area contributed by atoms with Gasteiger partial charge in [-0.2, -0.15) is 0 Å². The zero-order chi connectivity index (χ0) is 15.0. The van der Waals surface area contributed by atoms with Gasteiger partial charge in [0.15, 0.2) is 0 Å². The summed E-state index contributed by atoms with van der Waals surface area (Å²) in [6, 6.07) is 9.91. The van der Waals surface area contributed by atoms with E-state index in [1.165, 1.54) is 6.07 Å². The normalized spacial score (nSPS) is 13.3. The van der Waals surface area contributed by atoms with Crippen molar-refractivity contribution in [3.63, 3.8) is 0 Å². The molecule has 0 spiro atoms. The van der Waals surface area contributed by atoms with Gasteiger partial charge in [0, 0.05) is 30.0 Å². The molecule has 4 nitrogen and oxygen atoms in total. The van der Waals surface area contributed by atoms with Crippen molar-refractivity contribution in [2.75, 3.05) is 17.2 Å². The average molecular weight is 285 g/mol. The molecule has 1 heterocycles. The molecule has 0 saturated carbocycles. The van der Waals surface area contributed by atoms with E-state index in [0.29, 0.717) is 17.8 Å². The lowest BCUT2D eigenvalue weighted by Crippen LogP contribution is -2.21. The molecule has 0 bridgehead atoms. The Morgan fingerprint density at radius 1 is 1.24 bits per heavy atom. The number of carbonyl (C=O) groups excluding carboxylic acids is 1. The van der Waals surface area contributed by atoms with Crippen LogP contribution in [-0.4, -0.2) is 12.5 Å². The highest BCUT2D eigenvalue weighted by Crippen LogP contribution is 2.31. The van der Waals surface area contributed by atoms with Crippen molar-refractivity contribution >= 4 is 17.3 Å². The third kappa shape index (κ3) is 2.54. The Labute approximate surface area is 122 Å². The highest BCUT2D eigenvalue weighted by molar-refractivity contribution is 5.93. The third-order valence-corrected chi connectivity index (χ3v) is 3.83. The highest BCUT2D eigenvalue weighted by Gasteiger charge is 2.20. The summed E-state index contributed by atoms with van der Waals surface area (Å²) in [7, 11) is 0. The number of nitrogen functional groups attached to an aromatic ring is 1. The Morgan fingerprint density at radius 3 is 2.76 bits per heavy atom. The zero-order valence-corrected chi connectivity index (χ0v) is 11.5. The van der Waals surface area contributed by atoms with Crippen molar-refractivity contribution in [1.82, 2.24) is 0 Å². The molecule has 1 aliphatic rings. The van der Waals surface area contributed by atoms with Crippen LogP contribution in [0.2, 0.25) is 0 Å². The molecular weight excluding hydrogens is 269 g/mol. The van der Waals surface area contributed by atoms with E-state index in [4.69, 9.17) is 11.5 Å². The van der Waals surface area contributed by atoms with Gasteiger partial charge in [0.25, 0.3) is 0 Å². The van der Waals surface area contributed by atoms with E-state index in [-0.39, 0.29) is 5.82 Å². The highest BCUT2D eigenvalue weighted by atomic mass is 19.1. The van der Waals surface area contributed by atoms with E-state index >= 15 is 0 Å². The predicted octanol–water partition coefficient (Wildman–Crippen LogP) is 2.07. The van der Waals surface area contributed by atoms with Gasteiger partial charge in [-0.15, -0.1) is 0 Å². The van der Waals surface area contributed by atoms with E-state index in [2.05, 4.69) is 4.90 Å². The Balaban J connectivity index is 1.86. The Hall–Kier alpha value is -2.56. The molecule has 0 aromatic heterocycles. The van der Waals surface area contributed by atoms with Gasteiger partial charge in [-0.1, -0.05) is 12.1 Å². The van der Waals surface area contributed by atoms with Gasteiger partial charge in [0.05, 0.1) is 0 Å². The molecular formula is C16H16FN3O. The Bertz CT molecular complexity index is 715. The average Bonchev–Trinajstić information content (AvgIpc) is 2.83. The standard InChI is InChI=1S/C16H16FN3O/c17-13-4-3-10-5-6-20(15(10)8-13)9-12-2-1-11(16(19)21)7-14(12)18/h1-4,7-8H,5-6,9,18H2,(H2,19,21). The summed E-state index contributed by atoms with van der Waals surface area (Å²) in [5.41, 5.74) is 15.1. The first-order chi connectivity index (χ1) is 10.0. The lowest BCUT2D eigenvalue weighted by molar-refractivity contribution is 0.100. The number of benzene rings is 2. The van der Waals surface area contributed by atoms with Crippen molar-refractivity contribution in [3.05, 3.63) is 58.9 Å². The van der Waals surface area contributed by atoms with Crippen molar-refractivity contribution in [2.45, 2.75) is 13.0 Å². The molecule has 5 heteroatoms. The number of nitrogens with zero attached hydrogens (tertiary/aromatic N) is 1. The number of fused-ring (bicyclic) bond motifs is 1. The molecule has 2 aromatic carbocycles. The summed E-state index contributed by atoms with van der Waals surface area (Å²) >= 11 is 0. The first-order valence-electron chi connectivity index (χ1n) is 6.76. The zero-order valence-electron chi connectivity index (χ0n) is 11.5. The second-order valence-corrected chi connectivity index (χ2v) is 5.22. The van der Waals surface area contributed by atoms with E-state index in [1.54, 1.807) is 24.3 Å². The lowest BCUT2D eigenvalue weighted by Gasteiger charge is -2.20. The Kier molecular flexibility index (Phi) is 3.25. The number of anilines is 2. The van der Waals surface area contributed by atoms with Crippen LogP contribution >= 0.6 is 0 Å². The van der Waals surface area contributed by atoms with Crippen molar-refractivity contribution < 1.29 is 9.18 Å². The topological polar surface area (TPSA) is 72.4 Å². The molecule has 1 aliphatic heterocycles. The molecule has 4 N–H and O–H groups in total. The number of nitrogens with two attached hydrogens (primary N) is 2. The summed E-state index contributed by atoms with van der Waals surface area (Å²) in [6.45, 7) is 1.41. The van der Waals surface area contributed by atoms with Crippen LogP contribution in [0.15, 0.2) is 36.4 Å². The molecule has 0 aliphatic carbocycles. The second-order valence-electron chi connectivity index (χ2n) is 5.22. The number of rotatable bonds is 3. The number of hydrogen-bond donors (Lipinski definition) is 2. The number of primary amides is 1. The first kappa shape index (κ1) is 13.4. The number of halogens is 1. The van der Waals surface area contributed by atoms with Crippen molar-refractivity contribution in [1.29, 1.82) is 0 Å². The number of hydrogen-bond acceptors (Lipinski definition) is 3. The minimum absolute atomic E-state index is 0.238. The van der Waals surface area contributed by atoms with Crippen LogP contribution in [0.1, 0.15) is 21.5 Å². The van der Waals surface area contributed by atoms with Gasteiger partial charge in [-0.05, 0) is 41.8 Å². The van der Waals surface area contributed by atoms with Crippen molar-refractivity contribution in [2.24, 2.45) is 5.73 Å². The third-order valence-electron chi connectivity index (χ3n) is 3.83. The largest absolute Gasteiger partial charge is 0.398 e. The van der Waals surface area contributed by atoms with Crippen LogP contribution in [0.25, 0.3) is 0 Å². The smallest absolute Gasteiger partial charge is 0.248 e. The fourth-order valence-corrected chi connectivity index (χ4v) is 2.68. The first-order valence-corrected chi connectivity index (χ1v) is 6.76. The summed E-state index contributed by atoms with van der Waals surface area (Å²) < 4.78 is 13.4. The van der Waals surface area contributed by atoms with Gasteiger partial charge >= 0.3 is 0 Å². The molecule has 0 atom stereocenters. The van der Waals surface area contributed by atoms with Crippen LogP contribution in [0.4, 0.5) is 15.8 Å². The lowest BCUT2D eigenvalue weighted by atomic mass is 10.1. The van der Waals surface area contributed by atoms with E-state index in [1.807, 2.05) is 6.07 Å². The molecule has 0 saturated heterocycles. The molecule has 0 fully saturated rings. The maximum atomic E-state index is 13.4. The fourth-order valence-electron chi connectivity index (χ4n) is 2.68. The predicted molar refractivity (Wildman–Crippen MR) is 80.5 cm³/mol. The minimum Gasteiger partial charge on any atom is -0.398 e.